The largest absolute Gasteiger partial charge is 0.394 e. The van der Waals surface area contributed by atoms with E-state index >= 15 is 0 Å². The van der Waals surface area contributed by atoms with E-state index < -0.39 is 74.6 Å². The number of unbranched alkanes of at least 4 members (excludes halogenated alkanes) is 8. The predicted octanol–water partition coefficient (Wildman–Crippen LogP) is 1.74. The number of aliphatic hydroxyl groups excluding tert-OH is 7. The van der Waals surface area contributed by atoms with Gasteiger partial charge >= 0.3 is 0 Å². The number of hydrogen-bond acceptors (Lipinski definition) is 13. The van der Waals surface area contributed by atoms with E-state index in [2.05, 4.69) is 70.9 Å². The fourth-order valence-electron chi connectivity index (χ4n) is 6.85. The van der Waals surface area contributed by atoms with Gasteiger partial charge in [0.05, 0.1) is 19.8 Å². The van der Waals surface area contributed by atoms with Gasteiger partial charge in [0.15, 0.2) is 12.6 Å². The Balaban J connectivity index is 0.999. The highest BCUT2D eigenvalue weighted by molar-refractivity contribution is 5.75. The van der Waals surface area contributed by atoms with Gasteiger partial charge in [-0.05, 0) is 37.0 Å². The van der Waals surface area contributed by atoms with Crippen molar-refractivity contribution in [2.24, 2.45) is 0 Å². The quantitative estimate of drug-likeness (QED) is 0.0718. The average molecular weight is 763 g/mol. The van der Waals surface area contributed by atoms with Gasteiger partial charge in [0.25, 0.3) is 0 Å². The van der Waals surface area contributed by atoms with Crippen LogP contribution in [0.15, 0.2) is 60.7 Å². The molecule has 2 fully saturated rings. The summed E-state index contributed by atoms with van der Waals surface area (Å²) in [7, 11) is 0. The summed E-state index contributed by atoms with van der Waals surface area (Å²) in [4.78, 5) is 14.8. The Bertz CT molecular complexity index is 1290. The van der Waals surface area contributed by atoms with Crippen LogP contribution in [0.1, 0.15) is 76.2 Å². The number of carbonyl (C=O) groups excluding carboxylic acids is 1. The number of nitrogens with zero attached hydrogens (tertiary/aromatic N) is 1. The molecule has 0 radical (unpaired) electrons. The maximum atomic E-state index is 12.3. The molecule has 2 aliphatic heterocycles. The van der Waals surface area contributed by atoms with Crippen molar-refractivity contribution in [1.29, 1.82) is 0 Å². The zero-order valence-corrected chi connectivity index (χ0v) is 31.2. The van der Waals surface area contributed by atoms with Crippen LogP contribution in [0, 0.1) is 0 Å². The molecule has 304 valence electrons. The number of carbonyl (C=O) groups is 1. The molecule has 10 unspecified atom stereocenters. The van der Waals surface area contributed by atoms with Crippen molar-refractivity contribution in [3.8, 4) is 0 Å². The number of aliphatic hydroxyl groups is 7. The third-order valence-corrected chi connectivity index (χ3v) is 10.1. The second-order valence-corrected chi connectivity index (χ2v) is 14.3. The lowest BCUT2D eigenvalue weighted by atomic mass is 9.97. The lowest BCUT2D eigenvalue weighted by Crippen LogP contribution is -2.64. The molecule has 4 rings (SSSR count). The summed E-state index contributed by atoms with van der Waals surface area (Å²) < 4.78 is 22.0. The van der Waals surface area contributed by atoms with Crippen LogP contribution in [0.2, 0.25) is 0 Å². The van der Waals surface area contributed by atoms with Crippen molar-refractivity contribution in [3.05, 3.63) is 66.2 Å². The molecule has 1 amide bonds. The molecule has 8 N–H and O–H groups in total. The van der Waals surface area contributed by atoms with Gasteiger partial charge in [-0.1, -0.05) is 93.5 Å². The van der Waals surface area contributed by atoms with Gasteiger partial charge in [0.1, 0.15) is 48.8 Å². The Hall–Kier alpha value is -2.73. The topological polar surface area (TPSA) is 211 Å². The van der Waals surface area contributed by atoms with E-state index in [-0.39, 0.29) is 12.5 Å². The highest BCUT2D eigenvalue weighted by atomic mass is 16.7. The second-order valence-electron chi connectivity index (χ2n) is 14.3. The van der Waals surface area contributed by atoms with Crippen molar-refractivity contribution in [2.75, 3.05) is 37.8 Å². The minimum atomic E-state index is -1.74. The molecule has 2 aromatic carbocycles. The molecule has 2 aliphatic rings. The second kappa shape index (κ2) is 24.0. The number of ether oxygens (including phenoxy) is 4. The van der Waals surface area contributed by atoms with Crippen LogP contribution in [-0.2, 0) is 30.3 Å². The summed E-state index contributed by atoms with van der Waals surface area (Å²) in [6, 6.07) is 21.2. The molecule has 14 nitrogen and oxygen atoms in total. The normalized spacial score (nSPS) is 28.5. The fraction of sp³-hybridized carbons (Fsp3) is 0.675. The summed E-state index contributed by atoms with van der Waals surface area (Å²) in [5.41, 5.74) is 2.58. The minimum absolute atomic E-state index is 0.0373. The van der Waals surface area contributed by atoms with Gasteiger partial charge in [-0.25, -0.2) is 0 Å². The van der Waals surface area contributed by atoms with Crippen LogP contribution in [0.3, 0.4) is 0 Å². The summed E-state index contributed by atoms with van der Waals surface area (Å²) in [5, 5.41) is 73.7. The highest BCUT2D eigenvalue weighted by Gasteiger charge is 2.50. The summed E-state index contributed by atoms with van der Waals surface area (Å²) in [5.74, 6) is -0.0373. The van der Waals surface area contributed by atoms with Crippen LogP contribution in [0.4, 0.5) is 5.69 Å². The molecule has 2 heterocycles. The van der Waals surface area contributed by atoms with E-state index in [1.54, 1.807) is 0 Å². The van der Waals surface area contributed by atoms with E-state index in [4.69, 9.17) is 18.9 Å². The zero-order valence-electron chi connectivity index (χ0n) is 31.2. The summed E-state index contributed by atoms with van der Waals surface area (Å²) in [6.45, 7) is 1.07. The number of para-hydroxylation sites is 1. The Labute approximate surface area is 318 Å². The van der Waals surface area contributed by atoms with Gasteiger partial charge in [-0.15, -0.1) is 0 Å². The average Bonchev–Trinajstić information content (AvgIpc) is 3.19. The Kier molecular flexibility index (Phi) is 19.6. The van der Waals surface area contributed by atoms with E-state index in [1.165, 1.54) is 49.8 Å². The van der Waals surface area contributed by atoms with Crippen molar-refractivity contribution < 1.29 is 59.5 Å². The number of hydrogen-bond donors (Lipinski definition) is 8. The highest BCUT2D eigenvalue weighted by Crippen LogP contribution is 2.29. The van der Waals surface area contributed by atoms with Crippen LogP contribution < -0.4 is 10.2 Å². The SMILES string of the molecule is O=C(CCCCCCCCCCCN(Cc1ccccc1)c1ccccc1)NCCCOC1OC(CO)C(OC2OC(CO)C(O)C(O)C2O)C(O)C1O. The fourth-order valence-corrected chi connectivity index (χ4v) is 6.85. The van der Waals surface area contributed by atoms with Gasteiger partial charge in [-0.3, -0.25) is 4.79 Å². The molecule has 0 spiro atoms. The summed E-state index contributed by atoms with van der Waals surface area (Å²) in [6.07, 6.45) is -4.00. The number of anilines is 1. The van der Waals surface area contributed by atoms with Crippen LogP contribution in [-0.4, -0.2) is 136 Å². The van der Waals surface area contributed by atoms with Gasteiger partial charge in [0, 0.05) is 31.7 Å². The van der Waals surface area contributed by atoms with Crippen molar-refractivity contribution in [1.82, 2.24) is 5.32 Å². The smallest absolute Gasteiger partial charge is 0.219 e. The maximum absolute atomic E-state index is 12.3. The Morgan fingerprint density at radius 3 is 1.87 bits per heavy atom. The minimum Gasteiger partial charge on any atom is -0.394 e. The lowest BCUT2D eigenvalue weighted by molar-refractivity contribution is -0.359. The first kappa shape index (κ1) is 44.0. The lowest BCUT2D eigenvalue weighted by Gasteiger charge is -2.45. The maximum Gasteiger partial charge on any atom is 0.219 e. The first-order valence-electron chi connectivity index (χ1n) is 19.5. The van der Waals surface area contributed by atoms with Crippen LogP contribution in [0.5, 0.6) is 0 Å². The van der Waals surface area contributed by atoms with Gasteiger partial charge < -0.3 is 64.9 Å². The Morgan fingerprint density at radius 1 is 0.648 bits per heavy atom. The molecule has 0 aliphatic carbocycles. The number of rotatable bonds is 24. The van der Waals surface area contributed by atoms with E-state index in [1.807, 2.05) is 0 Å². The van der Waals surface area contributed by atoms with Crippen molar-refractivity contribution in [3.63, 3.8) is 0 Å². The molecule has 10 atom stereocenters. The monoisotopic (exact) mass is 762 g/mol. The zero-order chi connectivity index (χ0) is 38.7. The van der Waals surface area contributed by atoms with E-state index in [9.17, 15) is 40.5 Å². The molecule has 14 heteroatoms. The first-order valence-corrected chi connectivity index (χ1v) is 19.5. The van der Waals surface area contributed by atoms with Crippen molar-refractivity contribution in [2.45, 2.75) is 139 Å². The molecule has 54 heavy (non-hydrogen) atoms. The van der Waals surface area contributed by atoms with Crippen LogP contribution >= 0.6 is 0 Å². The number of benzene rings is 2. The third kappa shape index (κ3) is 13.8. The van der Waals surface area contributed by atoms with Gasteiger partial charge in [-0.2, -0.15) is 0 Å². The molecule has 0 bridgehead atoms. The van der Waals surface area contributed by atoms with E-state index in [0.717, 1.165) is 32.4 Å². The van der Waals surface area contributed by atoms with Crippen LogP contribution in [0.25, 0.3) is 0 Å². The molecule has 0 saturated carbocycles. The molecule has 2 aromatic rings. The molecular weight excluding hydrogens is 700 g/mol. The molecule has 2 saturated heterocycles. The van der Waals surface area contributed by atoms with Crippen molar-refractivity contribution >= 4 is 11.6 Å². The predicted molar refractivity (Wildman–Crippen MR) is 200 cm³/mol. The molecule has 0 aromatic heterocycles. The molecular formula is C40H62N2O12. The summed E-state index contributed by atoms with van der Waals surface area (Å²) >= 11 is 0. The van der Waals surface area contributed by atoms with E-state index in [0.29, 0.717) is 19.4 Å². The number of amides is 1. The van der Waals surface area contributed by atoms with Gasteiger partial charge in [0.2, 0.25) is 5.91 Å². The number of nitrogens with one attached hydrogen (secondary N) is 1. The standard InChI is InChI=1S/C40H62N2O12/c43-26-30-33(46)34(47)36(49)40(52-30)54-38-31(27-44)53-39(37(50)35(38)48)51-24-16-22-41-32(45)21-14-6-4-2-1-3-5-7-15-23-42(29-19-12-9-13-20-29)25-28-17-10-8-11-18-28/h8-13,17-20,30-31,33-40,43-44,46-50H,1-7,14-16,21-27H2,(H,41,45). The third-order valence-electron chi connectivity index (χ3n) is 10.1. The first-order chi connectivity index (χ1) is 26.2. The Morgan fingerprint density at radius 2 is 1.22 bits per heavy atom.